The van der Waals surface area contributed by atoms with Gasteiger partial charge in [-0.05, 0) is 12.8 Å². The van der Waals surface area contributed by atoms with Crippen LogP contribution in [0, 0.1) is 0 Å². The van der Waals surface area contributed by atoms with Crippen LogP contribution in [0.25, 0.3) is 0 Å². The van der Waals surface area contributed by atoms with Crippen LogP contribution in [-0.4, -0.2) is 41.7 Å². The van der Waals surface area contributed by atoms with E-state index in [0.717, 1.165) is 0 Å². The molecule has 1 amide bonds. The third kappa shape index (κ3) is 3.17. The molecule has 0 radical (unpaired) electrons. The Kier molecular flexibility index (Phi) is 4.05. The molecule has 1 aliphatic heterocycles. The van der Waals surface area contributed by atoms with Crippen LogP contribution < -0.4 is 16.4 Å². The quantitative estimate of drug-likeness (QED) is 0.464. The Balaban J connectivity index is 2.36. The second kappa shape index (κ2) is 5.09. The van der Waals surface area contributed by atoms with Gasteiger partial charge < -0.3 is 21.5 Å². The summed E-state index contributed by atoms with van der Waals surface area (Å²) in [5, 5.41) is 14.3. The van der Waals surface area contributed by atoms with E-state index in [2.05, 4.69) is 10.6 Å². The summed E-state index contributed by atoms with van der Waals surface area (Å²) in [5.74, 6) is -1.10. The van der Waals surface area contributed by atoms with Crippen molar-refractivity contribution < 1.29 is 14.7 Å². The lowest BCUT2D eigenvalue weighted by Gasteiger charge is -2.14. The summed E-state index contributed by atoms with van der Waals surface area (Å²) < 4.78 is 0. The van der Waals surface area contributed by atoms with Crippen LogP contribution in [0.15, 0.2) is 0 Å². The van der Waals surface area contributed by atoms with Gasteiger partial charge in [0.25, 0.3) is 0 Å². The Morgan fingerprint density at radius 1 is 1.67 bits per heavy atom. The van der Waals surface area contributed by atoms with Crippen molar-refractivity contribution in [2.75, 3.05) is 6.54 Å². The minimum Gasteiger partial charge on any atom is -0.480 e. The summed E-state index contributed by atoms with van der Waals surface area (Å²) in [6, 6.07) is -1.20. The minimum atomic E-state index is -0.883. The maximum absolute atomic E-state index is 11.4. The zero-order chi connectivity index (χ0) is 11.4. The van der Waals surface area contributed by atoms with Gasteiger partial charge in [0.2, 0.25) is 5.91 Å². The summed E-state index contributed by atoms with van der Waals surface area (Å²) in [7, 11) is 0. The number of rotatable bonds is 4. The molecule has 0 aromatic heterocycles. The minimum absolute atomic E-state index is 0.129. The number of carbonyl (C=O) groups excluding carboxylic acids is 1. The number of carboxylic acids is 1. The number of carbonyl (C=O) groups is 2. The molecule has 1 fully saturated rings. The molecule has 0 spiro atoms. The number of nitrogens with one attached hydrogen (secondary N) is 2. The van der Waals surface area contributed by atoms with Gasteiger partial charge in [-0.25, -0.2) is 0 Å². The van der Waals surface area contributed by atoms with Gasteiger partial charge in [-0.15, -0.1) is 0 Å². The van der Waals surface area contributed by atoms with Gasteiger partial charge >= 0.3 is 5.97 Å². The van der Waals surface area contributed by atoms with E-state index in [1.54, 1.807) is 0 Å². The van der Waals surface area contributed by atoms with E-state index in [-0.39, 0.29) is 11.9 Å². The van der Waals surface area contributed by atoms with Gasteiger partial charge in [-0.3, -0.25) is 9.59 Å². The molecule has 0 aromatic rings. The monoisotopic (exact) mass is 215 g/mol. The fourth-order valence-electron chi connectivity index (χ4n) is 1.53. The molecule has 6 nitrogen and oxygen atoms in total. The summed E-state index contributed by atoms with van der Waals surface area (Å²) in [4.78, 5) is 22.0. The third-order valence-electron chi connectivity index (χ3n) is 2.55. The van der Waals surface area contributed by atoms with Crippen molar-refractivity contribution in [1.29, 1.82) is 0 Å². The normalized spacial score (nSPS) is 27.3. The lowest BCUT2D eigenvalue weighted by molar-refractivity contribution is -0.139. The van der Waals surface area contributed by atoms with Crippen LogP contribution >= 0.6 is 0 Å². The first kappa shape index (κ1) is 11.9. The molecule has 1 saturated heterocycles. The molecule has 5 N–H and O–H groups in total. The van der Waals surface area contributed by atoms with E-state index in [1.807, 2.05) is 6.92 Å². The van der Waals surface area contributed by atoms with Crippen molar-refractivity contribution in [3.05, 3.63) is 0 Å². The Hall–Kier alpha value is -1.14. The topological polar surface area (TPSA) is 104 Å². The Bertz CT molecular complexity index is 257. The average Bonchev–Trinajstić information content (AvgIpc) is 2.65. The molecule has 86 valence electrons. The van der Waals surface area contributed by atoms with Gasteiger partial charge in [0.1, 0.15) is 6.04 Å². The highest BCUT2D eigenvalue weighted by molar-refractivity contribution is 5.82. The zero-order valence-corrected chi connectivity index (χ0v) is 8.69. The molecule has 15 heavy (non-hydrogen) atoms. The van der Waals surface area contributed by atoms with Gasteiger partial charge in [0, 0.05) is 12.6 Å². The number of nitrogens with two attached hydrogens (primary N) is 1. The molecular formula is C9H17N3O3. The molecule has 3 unspecified atom stereocenters. The van der Waals surface area contributed by atoms with Crippen molar-refractivity contribution in [1.82, 2.24) is 10.6 Å². The Morgan fingerprint density at radius 3 is 2.80 bits per heavy atom. The molecule has 0 aliphatic carbocycles. The maximum Gasteiger partial charge on any atom is 0.320 e. The van der Waals surface area contributed by atoms with E-state index >= 15 is 0 Å². The molecule has 1 heterocycles. The SMILES string of the molecule is CCC(N)C(=O)NC1CNC(C(=O)O)C1. The number of aliphatic carboxylic acids is 1. The third-order valence-corrected chi connectivity index (χ3v) is 2.55. The molecule has 0 saturated carbocycles. The molecular weight excluding hydrogens is 198 g/mol. The van der Waals surface area contributed by atoms with Crippen LogP contribution in [0.2, 0.25) is 0 Å². The van der Waals surface area contributed by atoms with Crippen LogP contribution in [0.5, 0.6) is 0 Å². The lowest BCUT2D eigenvalue weighted by Crippen LogP contribution is -2.45. The first-order chi connectivity index (χ1) is 7.04. The van der Waals surface area contributed by atoms with E-state index in [9.17, 15) is 9.59 Å². The summed E-state index contributed by atoms with van der Waals surface area (Å²) in [6.45, 7) is 2.32. The van der Waals surface area contributed by atoms with Crippen molar-refractivity contribution >= 4 is 11.9 Å². The first-order valence-corrected chi connectivity index (χ1v) is 5.06. The predicted molar refractivity (Wildman–Crippen MR) is 54.2 cm³/mol. The summed E-state index contributed by atoms with van der Waals surface area (Å²) in [5.41, 5.74) is 5.54. The van der Waals surface area contributed by atoms with E-state index in [1.165, 1.54) is 0 Å². The maximum atomic E-state index is 11.4. The fraction of sp³-hybridized carbons (Fsp3) is 0.778. The van der Waals surface area contributed by atoms with Gasteiger partial charge in [0.15, 0.2) is 0 Å². The first-order valence-electron chi connectivity index (χ1n) is 5.06. The Labute approximate surface area is 88.2 Å². The second-order valence-electron chi connectivity index (χ2n) is 3.76. The highest BCUT2D eigenvalue weighted by Gasteiger charge is 2.30. The molecule has 0 aromatic carbocycles. The van der Waals surface area contributed by atoms with Crippen LogP contribution in [0.3, 0.4) is 0 Å². The average molecular weight is 215 g/mol. The number of hydrogen-bond donors (Lipinski definition) is 4. The Morgan fingerprint density at radius 2 is 2.33 bits per heavy atom. The van der Waals surface area contributed by atoms with Gasteiger partial charge in [-0.1, -0.05) is 6.92 Å². The highest BCUT2D eigenvalue weighted by Crippen LogP contribution is 2.06. The number of amides is 1. The largest absolute Gasteiger partial charge is 0.480 e. The predicted octanol–water partition coefficient (Wildman–Crippen LogP) is -1.34. The van der Waals surface area contributed by atoms with E-state index < -0.39 is 18.1 Å². The fourth-order valence-corrected chi connectivity index (χ4v) is 1.53. The molecule has 1 aliphatic rings. The molecule has 6 heteroatoms. The van der Waals surface area contributed by atoms with E-state index in [0.29, 0.717) is 19.4 Å². The standard InChI is InChI=1S/C9H17N3O3/c1-2-6(10)8(13)12-5-3-7(9(14)15)11-4-5/h5-7,11H,2-4,10H2,1H3,(H,12,13)(H,14,15). The smallest absolute Gasteiger partial charge is 0.320 e. The highest BCUT2D eigenvalue weighted by atomic mass is 16.4. The number of hydrogen-bond acceptors (Lipinski definition) is 4. The van der Waals surface area contributed by atoms with E-state index in [4.69, 9.17) is 10.8 Å². The van der Waals surface area contributed by atoms with Crippen LogP contribution in [0.1, 0.15) is 19.8 Å². The van der Waals surface area contributed by atoms with Gasteiger partial charge in [-0.2, -0.15) is 0 Å². The van der Waals surface area contributed by atoms with Gasteiger partial charge in [0.05, 0.1) is 6.04 Å². The second-order valence-corrected chi connectivity index (χ2v) is 3.76. The van der Waals surface area contributed by atoms with Crippen molar-refractivity contribution in [2.45, 2.75) is 37.9 Å². The number of carboxylic acid groups (broad SMARTS) is 1. The van der Waals surface area contributed by atoms with Crippen molar-refractivity contribution in [3.8, 4) is 0 Å². The molecule has 1 rings (SSSR count). The van der Waals surface area contributed by atoms with Crippen LogP contribution in [-0.2, 0) is 9.59 Å². The lowest BCUT2D eigenvalue weighted by atomic mass is 10.1. The molecule has 3 atom stereocenters. The molecule has 0 bridgehead atoms. The van der Waals surface area contributed by atoms with Crippen molar-refractivity contribution in [2.24, 2.45) is 5.73 Å². The van der Waals surface area contributed by atoms with Crippen molar-refractivity contribution in [3.63, 3.8) is 0 Å². The zero-order valence-electron chi connectivity index (χ0n) is 8.69. The summed E-state index contributed by atoms with van der Waals surface area (Å²) >= 11 is 0. The van der Waals surface area contributed by atoms with Crippen LogP contribution in [0.4, 0.5) is 0 Å². The summed E-state index contributed by atoms with van der Waals surface area (Å²) in [6.07, 6.45) is 0.992.